The summed E-state index contributed by atoms with van der Waals surface area (Å²) in [5, 5.41) is 3.35. The normalized spacial score (nSPS) is 18.9. The lowest BCUT2D eigenvalue weighted by Gasteiger charge is -2.22. The minimum atomic E-state index is 0. The van der Waals surface area contributed by atoms with Crippen LogP contribution in [-0.2, 0) is 4.74 Å². The molecule has 0 atom stereocenters. The summed E-state index contributed by atoms with van der Waals surface area (Å²) in [6.07, 6.45) is 5.44. The molecule has 2 fully saturated rings. The molecule has 0 aliphatic heterocycles. The molecule has 0 aromatic heterocycles. The Labute approximate surface area is 134 Å². The summed E-state index contributed by atoms with van der Waals surface area (Å²) < 4.78 is 5.67. The Morgan fingerprint density at radius 3 is 2.53 bits per heavy atom. The van der Waals surface area contributed by atoms with Crippen LogP contribution >= 0.6 is 24.0 Å². The van der Waals surface area contributed by atoms with Gasteiger partial charge in [0.15, 0.2) is 5.96 Å². The SMILES string of the molecule is CCNC(=NCC1CC1)N(C)CCOCC1CC1.I. The van der Waals surface area contributed by atoms with Crippen molar-refractivity contribution in [3.8, 4) is 0 Å². The lowest BCUT2D eigenvalue weighted by atomic mass is 10.4. The van der Waals surface area contributed by atoms with Crippen LogP contribution in [0.25, 0.3) is 0 Å². The molecule has 0 spiro atoms. The predicted octanol–water partition coefficient (Wildman–Crippen LogP) is 2.34. The van der Waals surface area contributed by atoms with Gasteiger partial charge < -0.3 is 15.0 Å². The number of likely N-dealkylation sites (N-methyl/N-ethyl adjacent to an activating group) is 1. The van der Waals surface area contributed by atoms with Crippen molar-refractivity contribution in [2.24, 2.45) is 16.8 Å². The summed E-state index contributed by atoms with van der Waals surface area (Å²) in [6, 6.07) is 0. The summed E-state index contributed by atoms with van der Waals surface area (Å²) in [5.74, 6) is 2.73. The van der Waals surface area contributed by atoms with Crippen molar-refractivity contribution in [3.05, 3.63) is 0 Å². The molecule has 19 heavy (non-hydrogen) atoms. The van der Waals surface area contributed by atoms with E-state index in [1.165, 1.54) is 25.7 Å². The molecule has 2 saturated carbocycles. The highest BCUT2D eigenvalue weighted by atomic mass is 127. The first-order valence-corrected chi connectivity index (χ1v) is 7.36. The van der Waals surface area contributed by atoms with E-state index in [0.29, 0.717) is 0 Å². The predicted molar refractivity (Wildman–Crippen MR) is 90.3 cm³/mol. The Morgan fingerprint density at radius 1 is 1.26 bits per heavy atom. The van der Waals surface area contributed by atoms with E-state index < -0.39 is 0 Å². The molecule has 5 heteroatoms. The van der Waals surface area contributed by atoms with E-state index in [1.807, 2.05) is 0 Å². The number of ether oxygens (including phenoxy) is 1. The minimum Gasteiger partial charge on any atom is -0.379 e. The number of aliphatic imine (C=N–C) groups is 1. The molecule has 0 radical (unpaired) electrons. The lowest BCUT2D eigenvalue weighted by molar-refractivity contribution is 0.115. The summed E-state index contributed by atoms with van der Waals surface area (Å²) in [5.41, 5.74) is 0. The second-order valence-electron chi connectivity index (χ2n) is 5.58. The Kier molecular flexibility index (Phi) is 8.06. The van der Waals surface area contributed by atoms with Crippen molar-refractivity contribution in [3.63, 3.8) is 0 Å². The topological polar surface area (TPSA) is 36.9 Å². The zero-order valence-corrected chi connectivity index (χ0v) is 14.6. The monoisotopic (exact) mass is 381 g/mol. The van der Waals surface area contributed by atoms with Crippen LogP contribution in [0, 0.1) is 11.8 Å². The Morgan fingerprint density at radius 2 is 1.95 bits per heavy atom. The largest absolute Gasteiger partial charge is 0.379 e. The average molecular weight is 381 g/mol. The van der Waals surface area contributed by atoms with Gasteiger partial charge >= 0.3 is 0 Å². The number of guanidine groups is 1. The molecule has 1 N–H and O–H groups in total. The van der Waals surface area contributed by atoms with Crippen LogP contribution in [-0.4, -0.2) is 50.8 Å². The summed E-state index contributed by atoms with van der Waals surface area (Å²) in [7, 11) is 2.09. The second-order valence-corrected chi connectivity index (χ2v) is 5.58. The van der Waals surface area contributed by atoms with Crippen LogP contribution in [0.1, 0.15) is 32.6 Å². The first-order chi connectivity index (χ1) is 8.79. The lowest BCUT2D eigenvalue weighted by Crippen LogP contribution is -2.40. The molecule has 2 rings (SSSR count). The fourth-order valence-corrected chi connectivity index (χ4v) is 1.83. The number of nitrogens with zero attached hydrogens (tertiary/aromatic N) is 2. The van der Waals surface area contributed by atoms with Gasteiger partial charge in [0.05, 0.1) is 6.61 Å². The van der Waals surface area contributed by atoms with E-state index >= 15 is 0 Å². The quantitative estimate of drug-likeness (QED) is 0.304. The van der Waals surface area contributed by atoms with E-state index in [9.17, 15) is 0 Å². The molecule has 0 saturated heterocycles. The van der Waals surface area contributed by atoms with Crippen LogP contribution < -0.4 is 5.32 Å². The molecule has 2 aliphatic rings. The van der Waals surface area contributed by atoms with Gasteiger partial charge in [-0.3, -0.25) is 4.99 Å². The average Bonchev–Trinajstić information content (AvgIpc) is 3.24. The molecule has 0 aromatic carbocycles. The third-order valence-electron chi connectivity index (χ3n) is 3.51. The Bertz CT molecular complexity index is 278. The fourth-order valence-electron chi connectivity index (χ4n) is 1.83. The van der Waals surface area contributed by atoms with Gasteiger partial charge in [0.25, 0.3) is 0 Å². The molecule has 4 nitrogen and oxygen atoms in total. The third kappa shape index (κ3) is 7.34. The molecule has 0 amide bonds. The summed E-state index contributed by atoms with van der Waals surface area (Å²) >= 11 is 0. The van der Waals surface area contributed by atoms with Crippen LogP contribution in [0.5, 0.6) is 0 Å². The van der Waals surface area contributed by atoms with Gasteiger partial charge in [-0.1, -0.05) is 0 Å². The number of nitrogens with one attached hydrogen (secondary N) is 1. The molecule has 0 unspecified atom stereocenters. The first kappa shape index (κ1) is 17.0. The maximum absolute atomic E-state index is 5.67. The molecule has 0 aromatic rings. The molecule has 2 aliphatic carbocycles. The number of halogens is 1. The molecular weight excluding hydrogens is 353 g/mol. The van der Waals surface area contributed by atoms with Crippen molar-refractivity contribution < 1.29 is 4.74 Å². The Hall–Kier alpha value is -0.0400. The van der Waals surface area contributed by atoms with Gasteiger partial charge in [0.2, 0.25) is 0 Å². The number of hydrogen-bond acceptors (Lipinski definition) is 2. The maximum atomic E-state index is 5.67. The maximum Gasteiger partial charge on any atom is 0.193 e. The highest BCUT2D eigenvalue weighted by molar-refractivity contribution is 14.0. The van der Waals surface area contributed by atoms with Crippen LogP contribution in [0.3, 0.4) is 0 Å². The van der Waals surface area contributed by atoms with E-state index in [0.717, 1.165) is 50.6 Å². The molecule has 0 heterocycles. The Balaban J connectivity index is 0.00000180. The van der Waals surface area contributed by atoms with Gasteiger partial charge in [-0.2, -0.15) is 0 Å². The smallest absolute Gasteiger partial charge is 0.193 e. The molecule has 112 valence electrons. The highest BCUT2D eigenvalue weighted by Gasteiger charge is 2.22. The minimum absolute atomic E-state index is 0. The summed E-state index contributed by atoms with van der Waals surface area (Å²) in [4.78, 5) is 6.86. The highest BCUT2D eigenvalue weighted by Crippen LogP contribution is 2.29. The zero-order chi connectivity index (χ0) is 12.8. The van der Waals surface area contributed by atoms with Crippen molar-refractivity contribution in [2.75, 3.05) is 39.9 Å². The summed E-state index contributed by atoms with van der Waals surface area (Å²) in [6.45, 7) is 6.70. The van der Waals surface area contributed by atoms with Crippen LogP contribution in [0.15, 0.2) is 4.99 Å². The third-order valence-corrected chi connectivity index (χ3v) is 3.51. The molecular formula is C14H28IN3O. The van der Waals surface area contributed by atoms with Crippen LogP contribution in [0.2, 0.25) is 0 Å². The molecule has 0 bridgehead atoms. The van der Waals surface area contributed by atoms with E-state index in [1.54, 1.807) is 0 Å². The van der Waals surface area contributed by atoms with Gasteiger partial charge in [0, 0.05) is 33.3 Å². The second kappa shape index (κ2) is 9.00. The van der Waals surface area contributed by atoms with Gasteiger partial charge in [-0.15, -0.1) is 24.0 Å². The van der Waals surface area contributed by atoms with E-state index in [2.05, 4.69) is 29.2 Å². The first-order valence-electron chi connectivity index (χ1n) is 7.36. The fraction of sp³-hybridized carbons (Fsp3) is 0.929. The van der Waals surface area contributed by atoms with E-state index in [4.69, 9.17) is 4.74 Å². The van der Waals surface area contributed by atoms with Crippen molar-refractivity contribution in [1.29, 1.82) is 0 Å². The van der Waals surface area contributed by atoms with Crippen molar-refractivity contribution in [1.82, 2.24) is 10.2 Å². The van der Waals surface area contributed by atoms with Gasteiger partial charge in [0.1, 0.15) is 0 Å². The van der Waals surface area contributed by atoms with Crippen molar-refractivity contribution >= 4 is 29.9 Å². The number of rotatable bonds is 8. The van der Waals surface area contributed by atoms with Gasteiger partial charge in [-0.05, 0) is 44.4 Å². The zero-order valence-electron chi connectivity index (χ0n) is 12.2. The number of hydrogen-bond donors (Lipinski definition) is 1. The standard InChI is InChI=1S/C14H27N3O.HI/c1-3-15-14(16-10-12-4-5-12)17(2)8-9-18-11-13-6-7-13;/h12-13H,3-11H2,1-2H3,(H,15,16);1H. The van der Waals surface area contributed by atoms with Crippen molar-refractivity contribution in [2.45, 2.75) is 32.6 Å². The van der Waals surface area contributed by atoms with Gasteiger partial charge in [-0.25, -0.2) is 0 Å². The van der Waals surface area contributed by atoms with Crippen LogP contribution in [0.4, 0.5) is 0 Å². The van der Waals surface area contributed by atoms with E-state index in [-0.39, 0.29) is 24.0 Å².